The van der Waals surface area contributed by atoms with E-state index in [0.717, 1.165) is 29.0 Å². The molecular weight excluding hydrogens is 308 g/mol. The molecule has 1 N–H and O–H groups in total. The summed E-state index contributed by atoms with van der Waals surface area (Å²) in [6.07, 6.45) is 9.39. The number of hydrogen-bond acceptors (Lipinski definition) is 4. The molecule has 0 spiro atoms. The van der Waals surface area contributed by atoms with E-state index in [1.807, 2.05) is 36.2 Å². The average Bonchev–Trinajstić information content (AvgIpc) is 2.97. The fourth-order valence-electron chi connectivity index (χ4n) is 1.94. The Kier molecular flexibility index (Phi) is 3.31. The van der Waals surface area contributed by atoms with E-state index in [1.54, 1.807) is 10.9 Å². The molecule has 7 heteroatoms. The maximum atomic E-state index is 4.31. The number of hydrogen-bond donors (Lipinski definition) is 1. The van der Waals surface area contributed by atoms with Crippen molar-refractivity contribution in [3.63, 3.8) is 0 Å². The van der Waals surface area contributed by atoms with E-state index in [9.17, 15) is 0 Å². The molecule has 3 heterocycles. The Morgan fingerprint density at radius 2 is 2.05 bits per heavy atom. The second-order valence-corrected chi connectivity index (χ2v) is 5.13. The van der Waals surface area contributed by atoms with Gasteiger partial charge in [0.25, 0.3) is 0 Å². The number of nitrogens with one attached hydrogen (secondary N) is 1. The van der Waals surface area contributed by atoms with Crippen LogP contribution in [0, 0.1) is 0 Å². The van der Waals surface area contributed by atoms with Crippen molar-refractivity contribution in [1.82, 2.24) is 29.5 Å². The summed E-state index contributed by atoms with van der Waals surface area (Å²) in [6.45, 7) is 1.53. The number of fused-ring (bicyclic) bond motifs is 1. The topological polar surface area (TPSA) is 60.0 Å². The van der Waals surface area contributed by atoms with Crippen molar-refractivity contribution in [1.29, 1.82) is 0 Å². The molecule has 0 fully saturated rings. The lowest BCUT2D eigenvalue weighted by molar-refractivity contribution is 0.674. The van der Waals surface area contributed by atoms with Crippen LogP contribution in [0.5, 0.6) is 0 Å². The van der Waals surface area contributed by atoms with Crippen LogP contribution in [0.2, 0.25) is 0 Å². The van der Waals surface area contributed by atoms with Crippen LogP contribution in [0.4, 0.5) is 0 Å². The Morgan fingerprint density at radius 3 is 2.84 bits per heavy atom. The molecule has 0 aliphatic heterocycles. The molecule has 0 aliphatic carbocycles. The van der Waals surface area contributed by atoms with Crippen LogP contribution in [0.15, 0.2) is 35.6 Å². The highest BCUT2D eigenvalue weighted by Crippen LogP contribution is 2.10. The van der Waals surface area contributed by atoms with Gasteiger partial charge >= 0.3 is 0 Å². The number of aromatic nitrogens is 5. The van der Waals surface area contributed by atoms with Gasteiger partial charge in [-0.2, -0.15) is 5.10 Å². The van der Waals surface area contributed by atoms with E-state index < -0.39 is 0 Å². The van der Waals surface area contributed by atoms with E-state index in [-0.39, 0.29) is 0 Å². The van der Waals surface area contributed by atoms with Gasteiger partial charge in [0.1, 0.15) is 4.60 Å². The van der Waals surface area contributed by atoms with Crippen LogP contribution in [0.1, 0.15) is 11.3 Å². The smallest absolute Gasteiger partial charge is 0.155 e. The summed E-state index contributed by atoms with van der Waals surface area (Å²) >= 11 is 3.37. The molecule has 0 atom stereocenters. The maximum Gasteiger partial charge on any atom is 0.155 e. The molecule has 98 valence electrons. The number of imidazole rings is 1. The van der Waals surface area contributed by atoms with Gasteiger partial charge in [0.15, 0.2) is 5.65 Å². The highest BCUT2D eigenvalue weighted by atomic mass is 79.9. The van der Waals surface area contributed by atoms with Gasteiger partial charge in [0.05, 0.1) is 24.3 Å². The molecule has 0 bridgehead atoms. The van der Waals surface area contributed by atoms with Crippen LogP contribution in [-0.2, 0) is 20.1 Å². The lowest BCUT2D eigenvalue weighted by Crippen LogP contribution is -2.13. The monoisotopic (exact) mass is 320 g/mol. The zero-order valence-corrected chi connectivity index (χ0v) is 12.0. The predicted octanol–water partition coefficient (Wildman–Crippen LogP) is 1.52. The molecule has 3 aromatic heterocycles. The Labute approximate surface area is 118 Å². The SMILES string of the molecule is Cn1cc(CNCc2cnc3cnc(Br)cn23)cn1. The van der Waals surface area contributed by atoms with E-state index in [0.29, 0.717) is 0 Å². The standard InChI is InChI=1S/C12H13BrN6/c1-18-7-9(3-17-18)2-14-4-10-5-16-12-6-15-11(13)8-19(10)12/h3,5-8,14H,2,4H2,1H3. The van der Waals surface area contributed by atoms with Crippen molar-refractivity contribution in [2.45, 2.75) is 13.1 Å². The van der Waals surface area contributed by atoms with Crippen molar-refractivity contribution in [2.75, 3.05) is 0 Å². The minimum atomic E-state index is 0.743. The second-order valence-electron chi connectivity index (χ2n) is 4.31. The molecule has 0 saturated carbocycles. The first kappa shape index (κ1) is 12.3. The molecule has 0 amide bonds. The normalized spacial score (nSPS) is 11.3. The number of nitrogens with zero attached hydrogens (tertiary/aromatic N) is 5. The van der Waals surface area contributed by atoms with Crippen molar-refractivity contribution in [3.05, 3.63) is 46.8 Å². The van der Waals surface area contributed by atoms with Crippen LogP contribution in [0.3, 0.4) is 0 Å². The first-order valence-corrected chi connectivity index (χ1v) is 6.67. The van der Waals surface area contributed by atoms with Crippen LogP contribution in [-0.4, -0.2) is 24.1 Å². The summed E-state index contributed by atoms with van der Waals surface area (Å²) < 4.78 is 4.62. The van der Waals surface area contributed by atoms with Crippen LogP contribution < -0.4 is 5.32 Å². The van der Waals surface area contributed by atoms with Crippen molar-refractivity contribution < 1.29 is 0 Å². The summed E-state index contributed by atoms with van der Waals surface area (Å²) in [5.74, 6) is 0. The number of halogens is 1. The van der Waals surface area contributed by atoms with E-state index in [1.165, 1.54) is 5.56 Å². The average molecular weight is 321 g/mol. The van der Waals surface area contributed by atoms with Gasteiger partial charge in [-0.15, -0.1) is 0 Å². The van der Waals surface area contributed by atoms with E-state index in [2.05, 4.69) is 36.3 Å². The van der Waals surface area contributed by atoms with Crippen molar-refractivity contribution >= 4 is 21.6 Å². The molecular formula is C12H13BrN6. The summed E-state index contributed by atoms with van der Waals surface area (Å²) in [4.78, 5) is 8.47. The Balaban J connectivity index is 1.70. The van der Waals surface area contributed by atoms with Gasteiger partial charge in [0, 0.05) is 38.1 Å². The molecule has 3 rings (SSSR count). The van der Waals surface area contributed by atoms with Crippen LogP contribution in [0.25, 0.3) is 5.65 Å². The third-order valence-electron chi connectivity index (χ3n) is 2.83. The van der Waals surface area contributed by atoms with Gasteiger partial charge in [0.2, 0.25) is 0 Å². The second kappa shape index (κ2) is 5.10. The number of rotatable bonds is 4. The van der Waals surface area contributed by atoms with E-state index >= 15 is 0 Å². The fraction of sp³-hybridized carbons (Fsp3) is 0.250. The molecule has 19 heavy (non-hydrogen) atoms. The van der Waals surface area contributed by atoms with Gasteiger partial charge in [-0.1, -0.05) is 0 Å². The van der Waals surface area contributed by atoms with E-state index in [4.69, 9.17) is 0 Å². The quantitative estimate of drug-likeness (QED) is 0.791. The first-order chi connectivity index (χ1) is 9.22. The van der Waals surface area contributed by atoms with Crippen LogP contribution >= 0.6 is 15.9 Å². The van der Waals surface area contributed by atoms with Gasteiger partial charge < -0.3 is 5.32 Å². The Bertz CT molecular complexity index is 701. The van der Waals surface area contributed by atoms with Crippen molar-refractivity contribution in [2.24, 2.45) is 7.05 Å². The Morgan fingerprint density at radius 1 is 1.16 bits per heavy atom. The molecule has 0 saturated heterocycles. The predicted molar refractivity (Wildman–Crippen MR) is 74.4 cm³/mol. The van der Waals surface area contributed by atoms with Gasteiger partial charge in [-0.25, -0.2) is 9.97 Å². The minimum Gasteiger partial charge on any atom is -0.307 e. The third-order valence-corrected chi connectivity index (χ3v) is 3.24. The summed E-state index contributed by atoms with van der Waals surface area (Å²) in [5.41, 5.74) is 3.11. The zero-order valence-electron chi connectivity index (χ0n) is 10.4. The maximum absolute atomic E-state index is 4.31. The summed E-state index contributed by atoms with van der Waals surface area (Å²) in [7, 11) is 1.92. The fourth-order valence-corrected chi connectivity index (χ4v) is 2.25. The zero-order chi connectivity index (χ0) is 13.2. The molecule has 0 aromatic carbocycles. The van der Waals surface area contributed by atoms with Gasteiger partial charge in [-0.05, 0) is 15.9 Å². The highest BCUT2D eigenvalue weighted by molar-refractivity contribution is 9.10. The third kappa shape index (κ3) is 2.66. The van der Waals surface area contributed by atoms with Crippen molar-refractivity contribution in [3.8, 4) is 0 Å². The minimum absolute atomic E-state index is 0.743. The molecule has 6 nitrogen and oxygen atoms in total. The summed E-state index contributed by atoms with van der Waals surface area (Å²) in [6, 6.07) is 0. The molecule has 3 aromatic rings. The van der Waals surface area contributed by atoms with Gasteiger partial charge in [-0.3, -0.25) is 9.08 Å². The molecule has 0 unspecified atom stereocenters. The summed E-state index contributed by atoms with van der Waals surface area (Å²) in [5, 5.41) is 7.52. The molecule has 0 radical (unpaired) electrons. The lowest BCUT2D eigenvalue weighted by Gasteiger charge is -2.03. The lowest BCUT2D eigenvalue weighted by atomic mass is 10.3. The number of aryl methyl sites for hydroxylation is 1. The first-order valence-electron chi connectivity index (χ1n) is 5.88. The highest BCUT2D eigenvalue weighted by Gasteiger charge is 2.04. The Hall–Kier alpha value is -1.73. The largest absolute Gasteiger partial charge is 0.307 e. The molecule has 0 aliphatic rings.